The average Bonchev–Trinajstić information content (AvgIpc) is 2.60. The van der Waals surface area contributed by atoms with Crippen molar-refractivity contribution < 1.29 is 9.53 Å². The number of hydrogen-bond donors (Lipinski definition) is 1. The molecule has 19 heavy (non-hydrogen) atoms. The average molecular weight is 285 g/mol. The van der Waals surface area contributed by atoms with Gasteiger partial charge in [0.05, 0.1) is 6.54 Å². The van der Waals surface area contributed by atoms with Gasteiger partial charge < -0.3 is 15.0 Å². The molecule has 104 valence electrons. The molecule has 1 N–H and O–H groups in total. The molecule has 2 heterocycles. The van der Waals surface area contributed by atoms with Crippen LogP contribution in [0.25, 0.3) is 0 Å². The normalized spacial score (nSPS) is 16.1. The summed E-state index contributed by atoms with van der Waals surface area (Å²) in [5.74, 6) is 1.21. The topological polar surface area (TPSA) is 67.3 Å². The molecule has 6 nitrogen and oxygen atoms in total. The minimum Gasteiger partial charge on any atom is -0.374 e. The molecule has 0 atom stereocenters. The zero-order valence-corrected chi connectivity index (χ0v) is 11.6. The number of nitrogens with zero attached hydrogens (tertiary/aromatic N) is 3. The van der Waals surface area contributed by atoms with Gasteiger partial charge in [0.25, 0.3) is 0 Å². The van der Waals surface area contributed by atoms with E-state index in [2.05, 4.69) is 15.3 Å². The minimum atomic E-state index is -0.00130. The van der Waals surface area contributed by atoms with E-state index < -0.39 is 0 Å². The first kappa shape index (κ1) is 14.0. The van der Waals surface area contributed by atoms with Crippen molar-refractivity contribution in [2.24, 2.45) is 0 Å². The molecule has 1 amide bonds. The summed E-state index contributed by atoms with van der Waals surface area (Å²) < 4.78 is 5.28. The van der Waals surface area contributed by atoms with Crippen LogP contribution in [0.2, 0.25) is 5.15 Å². The van der Waals surface area contributed by atoms with Crippen LogP contribution in [0.5, 0.6) is 0 Å². The molecule has 0 spiro atoms. The van der Waals surface area contributed by atoms with Crippen LogP contribution in [0.1, 0.15) is 19.2 Å². The molecule has 0 aliphatic carbocycles. The van der Waals surface area contributed by atoms with Gasteiger partial charge in [0.2, 0.25) is 5.91 Å². The highest BCUT2D eigenvalue weighted by atomic mass is 35.5. The Morgan fingerprint density at radius 2 is 2.37 bits per heavy atom. The third-order valence-electron chi connectivity index (χ3n) is 2.75. The Balaban J connectivity index is 2.17. The standard InChI is InChI=1S/C12H17ClN4O2/c1-2-19-8-10-15-9(13)6-11(16-10)17-5-3-4-14-12(18)7-17/h6H,2-5,7-8H2,1H3,(H,14,18). The lowest BCUT2D eigenvalue weighted by Crippen LogP contribution is -2.33. The fourth-order valence-corrected chi connectivity index (χ4v) is 2.07. The quantitative estimate of drug-likeness (QED) is 0.835. The lowest BCUT2D eigenvalue weighted by molar-refractivity contribution is -0.119. The van der Waals surface area contributed by atoms with E-state index in [1.807, 2.05) is 11.8 Å². The molecule has 1 saturated heterocycles. The number of nitrogens with one attached hydrogen (secondary N) is 1. The molecule has 0 radical (unpaired) electrons. The first-order valence-corrected chi connectivity index (χ1v) is 6.69. The Bertz CT molecular complexity index is 455. The van der Waals surface area contributed by atoms with Crippen LogP contribution in [0, 0.1) is 0 Å². The zero-order chi connectivity index (χ0) is 13.7. The summed E-state index contributed by atoms with van der Waals surface area (Å²) in [7, 11) is 0. The Morgan fingerprint density at radius 1 is 1.53 bits per heavy atom. The number of aromatic nitrogens is 2. The van der Waals surface area contributed by atoms with Crippen LogP contribution in [-0.2, 0) is 16.1 Å². The van der Waals surface area contributed by atoms with Gasteiger partial charge in [0, 0.05) is 25.8 Å². The van der Waals surface area contributed by atoms with Crippen molar-refractivity contribution in [3.05, 3.63) is 17.0 Å². The number of amides is 1. The van der Waals surface area contributed by atoms with E-state index in [0.29, 0.717) is 43.1 Å². The predicted octanol–water partition coefficient (Wildman–Crippen LogP) is 0.993. The molecule has 2 rings (SSSR count). The van der Waals surface area contributed by atoms with Crippen molar-refractivity contribution >= 4 is 23.3 Å². The summed E-state index contributed by atoms with van der Waals surface area (Å²) in [5.41, 5.74) is 0. The van der Waals surface area contributed by atoms with Gasteiger partial charge in [-0.25, -0.2) is 9.97 Å². The molecule has 1 aromatic heterocycles. The summed E-state index contributed by atoms with van der Waals surface area (Å²) in [6.07, 6.45) is 0.883. The van der Waals surface area contributed by atoms with Crippen molar-refractivity contribution in [3.8, 4) is 0 Å². The van der Waals surface area contributed by atoms with E-state index in [-0.39, 0.29) is 5.91 Å². The highest BCUT2D eigenvalue weighted by Gasteiger charge is 2.17. The largest absolute Gasteiger partial charge is 0.374 e. The summed E-state index contributed by atoms with van der Waals surface area (Å²) in [4.78, 5) is 22.0. The van der Waals surface area contributed by atoms with E-state index >= 15 is 0 Å². The van der Waals surface area contributed by atoms with E-state index in [1.54, 1.807) is 6.07 Å². The Morgan fingerprint density at radius 3 is 3.16 bits per heavy atom. The van der Waals surface area contributed by atoms with Crippen molar-refractivity contribution in [2.75, 3.05) is 31.1 Å². The zero-order valence-electron chi connectivity index (χ0n) is 10.9. The molecule has 1 aromatic rings. The van der Waals surface area contributed by atoms with Gasteiger partial charge in [0.1, 0.15) is 17.6 Å². The van der Waals surface area contributed by atoms with Gasteiger partial charge in [-0.1, -0.05) is 11.6 Å². The number of hydrogen-bond acceptors (Lipinski definition) is 5. The van der Waals surface area contributed by atoms with Crippen molar-refractivity contribution in [3.63, 3.8) is 0 Å². The third-order valence-corrected chi connectivity index (χ3v) is 2.94. The number of rotatable bonds is 4. The number of carbonyl (C=O) groups excluding carboxylic acids is 1. The van der Waals surface area contributed by atoms with Crippen LogP contribution in [0.3, 0.4) is 0 Å². The van der Waals surface area contributed by atoms with Crippen LogP contribution in [0.4, 0.5) is 5.82 Å². The molecule has 0 saturated carbocycles. The third kappa shape index (κ3) is 4.04. The Hall–Kier alpha value is -1.40. The molecule has 1 aliphatic heterocycles. The number of carbonyl (C=O) groups is 1. The van der Waals surface area contributed by atoms with E-state index in [0.717, 1.165) is 13.0 Å². The van der Waals surface area contributed by atoms with E-state index in [1.165, 1.54) is 0 Å². The highest BCUT2D eigenvalue weighted by Crippen LogP contribution is 2.17. The first-order chi connectivity index (χ1) is 9.19. The van der Waals surface area contributed by atoms with Gasteiger partial charge >= 0.3 is 0 Å². The number of ether oxygens (including phenoxy) is 1. The fourth-order valence-electron chi connectivity index (χ4n) is 1.87. The maximum atomic E-state index is 11.6. The highest BCUT2D eigenvalue weighted by molar-refractivity contribution is 6.29. The molecule has 0 aromatic carbocycles. The molecule has 1 aliphatic rings. The van der Waals surface area contributed by atoms with Gasteiger partial charge in [-0.3, -0.25) is 4.79 Å². The predicted molar refractivity (Wildman–Crippen MR) is 72.2 cm³/mol. The fraction of sp³-hybridized carbons (Fsp3) is 0.583. The van der Waals surface area contributed by atoms with Crippen LogP contribution in [0.15, 0.2) is 6.07 Å². The lowest BCUT2D eigenvalue weighted by Gasteiger charge is -2.20. The second kappa shape index (κ2) is 6.68. The maximum Gasteiger partial charge on any atom is 0.239 e. The van der Waals surface area contributed by atoms with Gasteiger partial charge in [-0.15, -0.1) is 0 Å². The second-order valence-electron chi connectivity index (χ2n) is 4.23. The van der Waals surface area contributed by atoms with E-state index in [4.69, 9.17) is 16.3 Å². The van der Waals surface area contributed by atoms with Crippen molar-refractivity contribution in [1.29, 1.82) is 0 Å². The van der Waals surface area contributed by atoms with Gasteiger partial charge in [-0.05, 0) is 13.3 Å². The molecular formula is C12H17ClN4O2. The molecule has 0 unspecified atom stereocenters. The summed E-state index contributed by atoms with van der Waals surface area (Å²) in [5, 5.41) is 3.19. The maximum absolute atomic E-state index is 11.6. The minimum absolute atomic E-state index is 0.00130. The molecule has 0 bridgehead atoms. The van der Waals surface area contributed by atoms with Crippen LogP contribution >= 0.6 is 11.6 Å². The first-order valence-electron chi connectivity index (χ1n) is 6.32. The van der Waals surface area contributed by atoms with Gasteiger partial charge in [-0.2, -0.15) is 0 Å². The SMILES string of the molecule is CCOCc1nc(Cl)cc(N2CCCNC(=O)C2)n1. The lowest BCUT2D eigenvalue weighted by atomic mass is 10.4. The summed E-state index contributed by atoms with van der Waals surface area (Å²) in [6, 6.07) is 1.68. The van der Waals surface area contributed by atoms with Crippen LogP contribution in [-0.4, -0.2) is 42.1 Å². The van der Waals surface area contributed by atoms with Gasteiger partial charge in [0.15, 0.2) is 5.82 Å². The molecular weight excluding hydrogens is 268 g/mol. The van der Waals surface area contributed by atoms with E-state index in [9.17, 15) is 4.79 Å². The monoisotopic (exact) mass is 284 g/mol. The van der Waals surface area contributed by atoms with Crippen LogP contribution < -0.4 is 10.2 Å². The second-order valence-corrected chi connectivity index (χ2v) is 4.61. The summed E-state index contributed by atoms with van der Waals surface area (Å²) in [6.45, 7) is 4.58. The Labute approximate surface area is 117 Å². The van der Waals surface area contributed by atoms with Crippen molar-refractivity contribution in [1.82, 2.24) is 15.3 Å². The number of anilines is 1. The van der Waals surface area contributed by atoms with Crippen molar-refractivity contribution in [2.45, 2.75) is 20.0 Å². The summed E-state index contributed by atoms with van der Waals surface area (Å²) >= 11 is 5.99. The molecule has 7 heteroatoms. The number of halogens is 1. The molecule has 1 fully saturated rings. The smallest absolute Gasteiger partial charge is 0.239 e. The Kier molecular flexibility index (Phi) is 4.93.